The number of esters is 1. The van der Waals surface area contributed by atoms with E-state index >= 15 is 0 Å². The van der Waals surface area contributed by atoms with E-state index < -0.39 is 12.0 Å². The highest BCUT2D eigenvalue weighted by Crippen LogP contribution is 2.19. The second kappa shape index (κ2) is 9.40. The number of amides is 1. The highest BCUT2D eigenvalue weighted by molar-refractivity contribution is 6.27. The summed E-state index contributed by atoms with van der Waals surface area (Å²) in [5.74, 6) is 0.0716. The minimum atomic E-state index is -0.645. The first-order valence-corrected chi connectivity index (χ1v) is 8.02. The maximum Gasteiger partial charge on any atom is 0.328 e. The van der Waals surface area contributed by atoms with Crippen molar-refractivity contribution >= 4 is 23.5 Å². The van der Waals surface area contributed by atoms with E-state index in [2.05, 4.69) is 0 Å². The maximum atomic E-state index is 12.2. The van der Waals surface area contributed by atoms with E-state index in [-0.39, 0.29) is 17.7 Å². The third-order valence-corrected chi connectivity index (χ3v) is 3.72. The van der Waals surface area contributed by atoms with E-state index in [0.29, 0.717) is 13.0 Å². The molecule has 1 aromatic carbocycles. The molecule has 0 fully saturated rings. The number of halogens is 1. The number of methoxy groups -OCH3 is 2. The lowest BCUT2D eigenvalue weighted by molar-refractivity contribution is -0.153. The molecule has 0 aliphatic rings. The summed E-state index contributed by atoms with van der Waals surface area (Å²) in [4.78, 5) is 25.9. The molecular formula is C17H24ClNO4. The minimum Gasteiger partial charge on any atom is -0.497 e. The van der Waals surface area contributed by atoms with Gasteiger partial charge in [0.05, 0.1) is 14.2 Å². The van der Waals surface area contributed by atoms with Gasteiger partial charge in [-0.3, -0.25) is 4.79 Å². The number of hydrogen-bond donors (Lipinski definition) is 0. The first kappa shape index (κ1) is 19.3. The van der Waals surface area contributed by atoms with E-state index in [1.54, 1.807) is 7.11 Å². The molecule has 0 bridgehead atoms. The van der Waals surface area contributed by atoms with Crippen molar-refractivity contribution in [2.24, 2.45) is 5.92 Å². The van der Waals surface area contributed by atoms with Gasteiger partial charge < -0.3 is 14.4 Å². The number of hydrogen-bond acceptors (Lipinski definition) is 4. The van der Waals surface area contributed by atoms with Crippen LogP contribution in [0.4, 0.5) is 0 Å². The fourth-order valence-corrected chi connectivity index (χ4v) is 2.46. The van der Waals surface area contributed by atoms with E-state index in [0.717, 1.165) is 11.3 Å². The van der Waals surface area contributed by atoms with Crippen LogP contribution in [0.5, 0.6) is 5.75 Å². The van der Waals surface area contributed by atoms with E-state index in [1.165, 1.54) is 12.0 Å². The van der Waals surface area contributed by atoms with E-state index in [1.807, 2.05) is 38.1 Å². The predicted octanol–water partition coefficient (Wildman–Crippen LogP) is 2.85. The molecule has 1 aromatic rings. The van der Waals surface area contributed by atoms with Crippen molar-refractivity contribution in [1.82, 2.24) is 4.90 Å². The van der Waals surface area contributed by atoms with Crippen molar-refractivity contribution in [2.75, 3.05) is 20.1 Å². The molecule has 0 aliphatic carbocycles. The highest BCUT2D eigenvalue weighted by Gasteiger charge is 2.30. The van der Waals surface area contributed by atoms with Crippen LogP contribution in [-0.4, -0.2) is 42.9 Å². The zero-order valence-corrected chi connectivity index (χ0v) is 14.8. The molecule has 0 aromatic heterocycles. The fourth-order valence-electron chi connectivity index (χ4n) is 2.31. The number of carbonyl (C=O) groups excluding carboxylic acids is 2. The Labute approximate surface area is 142 Å². The Morgan fingerprint density at radius 3 is 2.22 bits per heavy atom. The van der Waals surface area contributed by atoms with Gasteiger partial charge in [0.1, 0.15) is 17.7 Å². The largest absolute Gasteiger partial charge is 0.497 e. The Kier molecular flexibility index (Phi) is 7.89. The van der Waals surface area contributed by atoms with Gasteiger partial charge in [0.15, 0.2) is 0 Å². The monoisotopic (exact) mass is 341 g/mol. The SMILES string of the molecule is COC(=O)[C@H](CC(C)C)N(Cc1ccc(OC)cc1)C(=O)CCl. The zero-order chi connectivity index (χ0) is 17.4. The van der Waals surface area contributed by atoms with Crippen molar-refractivity contribution in [1.29, 1.82) is 0 Å². The Morgan fingerprint density at radius 2 is 1.78 bits per heavy atom. The third kappa shape index (κ3) is 5.75. The van der Waals surface area contributed by atoms with Crippen LogP contribution in [0, 0.1) is 5.92 Å². The zero-order valence-electron chi connectivity index (χ0n) is 14.0. The summed E-state index contributed by atoms with van der Waals surface area (Å²) in [5, 5.41) is 0. The lowest BCUT2D eigenvalue weighted by atomic mass is 10.0. The quantitative estimate of drug-likeness (QED) is 0.539. The second-order valence-corrected chi connectivity index (χ2v) is 5.94. The maximum absolute atomic E-state index is 12.2. The summed E-state index contributed by atoms with van der Waals surface area (Å²) in [6.45, 7) is 4.28. The lowest BCUT2D eigenvalue weighted by Gasteiger charge is -2.30. The fraction of sp³-hybridized carbons (Fsp3) is 0.529. The van der Waals surface area contributed by atoms with Crippen LogP contribution in [0.25, 0.3) is 0 Å². The average Bonchev–Trinajstić information content (AvgIpc) is 2.56. The molecule has 128 valence electrons. The summed E-state index contributed by atoms with van der Waals surface area (Å²) in [7, 11) is 2.92. The predicted molar refractivity (Wildman–Crippen MR) is 89.5 cm³/mol. The van der Waals surface area contributed by atoms with Crippen molar-refractivity contribution < 1.29 is 19.1 Å². The molecule has 0 N–H and O–H groups in total. The molecule has 1 rings (SSSR count). The Bertz CT molecular complexity index is 516. The van der Waals surface area contributed by atoms with Crippen LogP contribution >= 0.6 is 11.6 Å². The number of alkyl halides is 1. The van der Waals surface area contributed by atoms with Crippen LogP contribution in [0.3, 0.4) is 0 Å². The number of nitrogens with zero attached hydrogens (tertiary/aromatic N) is 1. The number of carbonyl (C=O) groups is 2. The van der Waals surface area contributed by atoms with Crippen LogP contribution < -0.4 is 4.74 Å². The van der Waals surface area contributed by atoms with Gasteiger partial charge in [-0.25, -0.2) is 4.79 Å². The smallest absolute Gasteiger partial charge is 0.328 e. The van der Waals surface area contributed by atoms with Gasteiger partial charge >= 0.3 is 5.97 Å². The lowest BCUT2D eigenvalue weighted by Crippen LogP contribution is -2.46. The van der Waals surface area contributed by atoms with Crippen molar-refractivity contribution in [3.05, 3.63) is 29.8 Å². The van der Waals surface area contributed by atoms with Crippen LogP contribution in [0.15, 0.2) is 24.3 Å². The number of rotatable bonds is 8. The van der Waals surface area contributed by atoms with E-state index in [9.17, 15) is 9.59 Å². The minimum absolute atomic E-state index is 0.179. The van der Waals surface area contributed by atoms with Crippen molar-refractivity contribution in [3.8, 4) is 5.75 Å². The number of ether oxygens (including phenoxy) is 2. The van der Waals surface area contributed by atoms with Gasteiger partial charge in [0.25, 0.3) is 0 Å². The number of benzene rings is 1. The third-order valence-electron chi connectivity index (χ3n) is 3.49. The summed E-state index contributed by atoms with van der Waals surface area (Å²) in [5.41, 5.74) is 0.891. The topological polar surface area (TPSA) is 55.8 Å². The van der Waals surface area contributed by atoms with Gasteiger partial charge in [-0.05, 0) is 30.0 Å². The van der Waals surface area contributed by atoms with Gasteiger partial charge in [0, 0.05) is 6.54 Å². The van der Waals surface area contributed by atoms with Crippen LogP contribution in [0.2, 0.25) is 0 Å². The van der Waals surface area contributed by atoms with Crippen molar-refractivity contribution in [2.45, 2.75) is 32.9 Å². The molecule has 0 heterocycles. The summed E-state index contributed by atoms with van der Waals surface area (Å²) >= 11 is 5.73. The standard InChI is InChI=1S/C17H24ClNO4/c1-12(2)9-15(17(21)23-4)19(16(20)10-18)11-13-5-7-14(22-3)8-6-13/h5-8,12,15H,9-11H2,1-4H3/t15-/m0/s1. The molecule has 0 aliphatic heterocycles. The molecule has 5 nitrogen and oxygen atoms in total. The van der Waals surface area contributed by atoms with Gasteiger partial charge in [-0.1, -0.05) is 26.0 Å². The van der Waals surface area contributed by atoms with Gasteiger partial charge in [-0.15, -0.1) is 11.6 Å². The molecule has 0 unspecified atom stereocenters. The highest BCUT2D eigenvalue weighted by atomic mass is 35.5. The summed E-state index contributed by atoms with van der Waals surface area (Å²) < 4.78 is 9.99. The average molecular weight is 342 g/mol. The van der Waals surface area contributed by atoms with Crippen LogP contribution in [0.1, 0.15) is 25.8 Å². The molecule has 1 atom stereocenters. The molecule has 0 radical (unpaired) electrons. The molecule has 0 spiro atoms. The molecule has 0 saturated heterocycles. The Morgan fingerprint density at radius 1 is 1.17 bits per heavy atom. The van der Waals surface area contributed by atoms with Gasteiger partial charge in [-0.2, -0.15) is 0 Å². The Hall–Kier alpha value is -1.75. The first-order chi connectivity index (χ1) is 10.9. The molecule has 6 heteroatoms. The Balaban J connectivity index is 3.04. The van der Waals surface area contributed by atoms with Crippen molar-refractivity contribution in [3.63, 3.8) is 0 Å². The van der Waals surface area contributed by atoms with Gasteiger partial charge in [0.2, 0.25) is 5.91 Å². The summed E-state index contributed by atoms with van der Waals surface area (Å²) in [6, 6.07) is 6.70. The first-order valence-electron chi connectivity index (χ1n) is 7.49. The molecular weight excluding hydrogens is 318 g/mol. The van der Waals surface area contributed by atoms with Crippen LogP contribution in [-0.2, 0) is 20.9 Å². The normalized spacial score (nSPS) is 11.9. The van der Waals surface area contributed by atoms with E-state index in [4.69, 9.17) is 21.1 Å². The molecule has 1 amide bonds. The molecule has 23 heavy (non-hydrogen) atoms. The molecule has 0 saturated carbocycles. The second-order valence-electron chi connectivity index (χ2n) is 5.67. The summed E-state index contributed by atoms with van der Waals surface area (Å²) in [6.07, 6.45) is 0.519.